The predicted molar refractivity (Wildman–Crippen MR) is 119 cm³/mol. The molecule has 0 bridgehead atoms. The molecule has 0 fully saturated rings. The van der Waals surface area contributed by atoms with Crippen molar-refractivity contribution in [2.75, 3.05) is 17.9 Å². The Bertz CT molecular complexity index is 1140. The Morgan fingerprint density at radius 1 is 1.16 bits per heavy atom. The molecule has 1 amide bonds. The second kappa shape index (κ2) is 8.23. The van der Waals surface area contributed by atoms with Crippen LogP contribution in [0.25, 0.3) is 5.69 Å². The molecule has 2 aromatic carbocycles. The van der Waals surface area contributed by atoms with Gasteiger partial charge in [0.05, 0.1) is 18.5 Å². The monoisotopic (exact) mass is 422 g/mol. The van der Waals surface area contributed by atoms with E-state index in [-0.39, 0.29) is 17.0 Å². The fourth-order valence-corrected chi connectivity index (χ4v) is 3.19. The summed E-state index contributed by atoms with van der Waals surface area (Å²) in [5, 5.41) is 10.3. The van der Waals surface area contributed by atoms with Gasteiger partial charge < -0.3 is 15.4 Å². The van der Waals surface area contributed by atoms with Crippen molar-refractivity contribution in [2.24, 2.45) is 0 Å². The number of nitrogens with zero attached hydrogens (tertiary/aromatic N) is 3. The van der Waals surface area contributed by atoms with Crippen LogP contribution in [0, 0.1) is 6.92 Å². The summed E-state index contributed by atoms with van der Waals surface area (Å²) < 4.78 is 1.57. The summed E-state index contributed by atoms with van der Waals surface area (Å²) in [6, 6.07) is 10.6. The van der Waals surface area contributed by atoms with Gasteiger partial charge in [0.15, 0.2) is 5.69 Å². The number of carboxylic acids is 1. The Morgan fingerprint density at radius 3 is 2.45 bits per heavy atom. The van der Waals surface area contributed by atoms with Crippen molar-refractivity contribution < 1.29 is 19.5 Å². The van der Waals surface area contributed by atoms with Gasteiger partial charge in [0.2, 0.25) is 0 Å². The zero-order chi connectivity index (χ0) is 22.9. The summed E-state index contributed by atoms with van der Waals surface area (Å²) in [7, 11) is 1.42. The highest BCUT2D eigenvalue weighted by molar-refractivity contribution is 6.05. The second-order valence-corrected chi connectivity index (χ2v) is 8.32. The average Bonchev–Trinajstić information content (AvgIpc) is 3.18. The van der Waals surface area contributed by atoms with Gasteiger partial charge in [-0.15, -0.1) is 0 Å². The smallest absolute Gasteiger partial charge is 0.356 e. The van der Waals surface area contributed by atoms with E-state index in [2.05, 4.69) is 25.8 Å². The van der Waals surface area contributed by atoms with Crippen LogP contribution < -0.4 is 10.8 Å². The standard InChI is InChI=1S/C23H26N4O4/c1-14-6-7-15(8-20(14)26-12-19(22(29)30)25-13-26)21(28)27(31-5)18-10-16(23(2,3)4)9-17(24)11-18/h6-13H,24H2,1-5H3,(H,29,30). The molecule has 0 atom stereocenters. The maximum atomic E-state index is 13.3. The summed E-state index contributed by atoms with van der Waals surface area (Å²) in [6.45, 7) is 8.05. The van der Waals surface area contributed by atoms with Crippen molar-refractivity contribution in [1.29, 1.82) is 0 Å². The number of hydrogen-bond acceptors (Lipinski definition) is 5. The van der Waals surface area contributed by atoms with Gasteiger partial charge in [-0.05, 0) is 53.8 Å². The molecular weight excluding hydrogens is 396 g/mol. The van der Waals surface area contributed by atoms with Crippen LogP contribution in [0.4, 0.5) is 11.4 Å². The normalized spacial score (nSPS) is 11.4. The SMILES string of the molecule is CON(C(=O)c1ccc(C)c(-n2cnc(C(=O)O)c2)c1)c1cc(N)cc(C(C)(C)C)c1. The molecule has 0 radical (unpaired) electrons. The topological polar surface area (TPSA) is 111 Å². The molecule has 3 N–H and O–H groups in total. The van der Waals surface area contributed by atoms with Crippen molar-refractivity contribution in [3.63, 3.8) is 0 Å². The summed E-state index contributed by atoms with van der Waals surface area (Å²) >= 11 is 0. The van der Waals surface area contributed by atoms with Crippen LogP contribution in [-0.4, -0.2) is 33.6 Å². The molecule has 0 saturated carbocycles. The number of imidazole rings is 1. The van der Waals surface area contributed by atoms with E-state index in [9.17, 15) is 9.59 Å². The van der Waals surface area contributed by atoms with Gasteiger partial charge in [-0.1, -0.05) is 26.8 Å². The van der Waals surface area contributed by atoms with Crippen molar-refractivity contribution >= 4 is 23.3 Å². The predicted octanol–water partition coefficient (Wildman–Crippen LogP) is 3.97. The molecule has 8 heteroatoms. The van der Waals surface area contributed by atoms with Crippen LogP contribution in [0.2, 0.25) is 0 Å². The van der Waals surface area contributed by atoms with Crippen molar-refractivity contribution in [3.05, 3.63) is 71.3 Å². The zero-order valence-corrected chi connectivity index (χ0v) is 18.2. The van der Waals surface area contributed by atoms with Gasteiger partial charge in [0.1, 0.15) is 6.33 Å². The molecule has 3 aromatic rings. The number of rotatable bonds is 5. The van der Waals surface area contributed by atoms with E-state index in [1.807, 2.05) is 19.1 Å². The van der Waals surface area contributed by atoms with E-state index in [0.29, 0.717) is 22.6 Å². The second-order valence-electron chi connectivity index (χ2n) is 8.32. The molecule has 0 saturated heterocycles. The van der Waals surface area contributed by atoms with Crippen molar-refractivity contribution in [1.82, 2.24) is 9.55 Å². The third-order valence-electron chi connectivity index (χ3n) is 4.94. The van der Waals surface area contributed by atoms with Crippen molar-refractivity contribution in [3.8, 4) is 5.69 Å². The molecule has 1 aromatic heterocycles. The highest BCUT2D eigenvalue weighted by atomic mass is 16.7. The quantitative estimate of drug-likeness (QED) is 0.475. The average molecular weight is 422 g/mol. The van der Waals surface area contributed by atoms with Gasteiger partial charge >= 0.3 is 5.97 Å². The number of benzene rings is 2. The largest absolute Gasteiger partial charge is 0.476 e. The maximum Gasteiger partial charge on any atom is 0.356 e. The number of aromatic carboxylic acids is 1. The Labute approximate surface area is 180 Å². The van der Waals surface area contributed by atoms with Gasteiger partial charge in [-0.3, -0.25) is 9.63 Å². The number of carbonyl (C=O) groups is 2. The van der Waals surface area contributed by atoms with Crippen LogP contribution in [-0.2, 0) is 10.3 Å². The number of aryl methyl sites for hydroxylation is 1. The Balaban J connectivity index is 2.01. The number of hydrogen-bond donors (Lipinski definition) is 2. The minimum absolute atomic E-state index is 0.0795. The van der Waals surface area contributed by atoms with Crippen LogP contribution >= 0.6 is 0 Å². The summed E-state index contributed by atoms with van der Waals surface area (Å²) in [4.78, 5) is 33.7. The lowest BCUT2D eigenvalue weighted by molar-refractivity contribution is 0.0690. The van der Waals surface area contributed by atoms with E-state index in [1.54, 1.807) is 28.8 Å². The molecule has 0 spiro atoms. The number of anilines is 2. The maximum absolute atomic E-state index is 13.3. The number of nitrogen functional groups attached to an aromatic ring is 1. The number of carboxylic acid groups (broad SMARTS) is 1. The fourth-order valence-electron chi connectivity index (χ4n) is 3.19. The van der Waals surface area contributed by atoms with E-state index < -0.39 is 5.97 Å². The number of amides is 1. The van der Waals surface area contributed by atoms with Gasteiger partial charge in [-0.25, -0.2) is 9.78 Å². The molecule has 3 rings (SSSR count). The molecule has 31 heavy (non-hydrogen) atoms. The molecule has 0 aliphatic carbocycles. The Hall–Kier alpha value is -3.65. The zero-order valence-electron chi connectivity index (χ0n) is 18.2. The first-order valence-electron chi connectivity index (χ1n) is 9.69. The lowest BCUT2D eigenvalue weighted by Gasteiger charge is -2.25. The molecule has 162 valence electrons. The number of hydroxylamine groups is 1. The number of nitrogens with two attached hydrogens (primary N) is 1. The summed E-state index contributed by atoms with van der Waals surface area (Å²) in [5.74, 6) is -1.50. The van der Waals surface area contributed by atoms with E-state index in [0.717, 1.165) is 11.1 Å². The van der Waals surface area contributed by atoms with Crippen LogP contribution in [0.1, 0.15) is 52.7 Å². The van der Waals surface area contributed by atoms with E-state index in [1.165, 1.54) is 24.7 Å². The first-order chi connectivity index (χ1) is 14.5. The highest BCUT2D eigenvalue weighted by Gasteiger charge is 2.23. The Kier molecular flexibility index (Phi) is 5.85. The fraction of sp³-hybridized carbons (Fsp3) is 0.261. The van der Waals surface area contributed by atoms with Gasteiger partial charge in [-0.2, -0.15) is 5.06 Å². The Morgan fingerprint density at radius 2 is 1.87 bits per heavy atom. The highest BCUT2D eigenvalue weighted by Crippen LogP contribution is 2.30. The molecule has 0 aliphatic rings. The first kappa shape index (κ1) is 22.0. The first-order valence-corrected chi connectivity index (χ1v) is 9.69. The van der Waals surface area contributed by atoms with Crippen LogP contribution in [0.3, 0.4) is 0 Å². The van der Waals surface area contributed by atoms with Gasteiger partial charge in [0.25, 0.3) is 5.91 Å². The molecule has 0 unspecified atom stereocenters. The van der Waals surface area contributed by atoms with Crippen molar-refractivity contribution in [2.45, 2.75) is 33.1 Å². The summed E-state index contributed by atoms with van der Waals surface area (Å²) in [5.41, 5.74) is 9.74. The molecular formula is C23H26N4O4. The molecule has 1 heterocycles. The molecule has 8 nitrogen and oxygen atoms in total. The van der Waals surface area contributed by atoms with Crippen LogP contribution in [0.15, 0.2) is 48.9 Å². The minimum atomic E-state index is -1.12. The lowest BCUT2D eigenvalue weighted by atomic mass is 9.86. The third kappa shape index (κ3) is 4.59. The van der Waals surface area contributed by atoms with Gasteiger partial charge in [0, 0.05) is 17.4 Å². The number of carbonyl (C=O) groups excluding carboxylic acids is 1. The van der Waals surface area contributed by atoms with E-state index >= 15 is 0 Å². The number of aromatic nitrogens is 2. The van der Waals surface area contributed by atoms with Crippen LogP contribution in [0.5, 0.6) is 0 Å². The minimum Gasteiger partial charge on any atom is -0.476 e. The summed E-state index contributed by atoms with van der Waals surface area (Å²) in [6.07, 6.45) is 2.81. The third-order valence-corrected chi connectivity index (χ3v) is 4.94. The van der Waals surface area contributed by atoms with E-state index in [4.69, 9.17) is 15.7 Å². The lowest BCUT2D eigenvalue weighted by Crippen LogP contribution is -2.30. The molecule has 0 aliphatic heterocycles.